The molecule has 0 unspecified atom stereocenters. The van der Waals surface area contributed by atoms with E-state index in [2.05, 4.69) is 36.5 Å². The number of halogens is 1. The van der Waals surface area contributed by atoms with Gasteiger partial charge in [0.2, 0.25) is 0 Å². The van der Waals surface area contributed by atoms with E-state index in [0.29, 0.717) is 12.1 Å². The highest BCUT2D eigenvalue weighted by molar-refractivity contribution is 9.10. The van der Waals surface area contributed by atoms with Gasteiger partial charge < -0.3 is 10.6 Å². The van der Waals surface area contributed by atoms with Gasteiger partial charge in [0.25, 0.3) is 5.91 Å². The predicted octanol–water partition coefficient (Wildman–Crippen LogP) is 4.41. The maximum Gasteiger partial charge on any atom is 0.257 e. The molecular formula is C19H17BrN4O. The number of rotatable bonds is 5. The number of hydrogen-bond acceptors (Lipinski definition) is 4. The van der Waals surface area contributed by atoms with Crippen molar-refractivity contribution in [3.63, 3.8) is 0 Å². The minimum absolute atomic E-state index is 0.189. The minimum Gasteiger partial charge on any atom is -0.380 e. The largest absolute Gasteiger partial charge is 0.380 e. The summed E-state index contributed by atoms with van der Waals surface area (Å²) in [6.07, 6.45) is 6.75. The van der Waals surface area contributed by atoms with Gasteiger partial charge in [-0.2, -0.15) is 0 Å². The van der Waals surface area contributed by atoms with Crippen molar-refractivity contribution < 1.29 is 4.79 Å². The van der Waals surface area contributed by atoms with E-state index >= 15 is 0 Å². The molecular weight excluding hydrogens is 380 g/mol. The van der Waals surface area contributed by atoms with Crippen molar-refractivity contribution in [2.75, 3.05) is 10.6 Å². The van der Waals surface area contributed by atoms with E-state index in [1.807, 2.05) is 37.3 Å². The van der Waals surface area contributed by atoms with Gasteiger partial charge in [-0.1, -0.05) is 15.9 Å². The van der Waals surface area contributed by atoms with Gasteiger partial charge in [0.1, 0.15) is 0 Å². The molecule has 0 saturated heterocycles. The lowest BCUT2D eigenvalue weighted by molar-refractivity contribution is 0.102. The number of anilines is 2. The predicted molar refractivity (Wildman–Crippen MR) is 103 cm³/mol. The highest BCUT2D eigenvalue weighted by Gasteiger charge is 2.09. The van der Waals surface area contributed by atoms with Crippen LogP contribution in [0.1, 0.15) is 21.5 Å². The molecule has 2 heterocycles. The third kappa shape index (κ3) is 4.64. The molecule has 0 fully saturated rings. The van der Waals surface area contributed by atoms with Crippen LogP contribution in [0, 0.1) is 6.92 Å². The van der Waals surface area contributed by atoms with E-state index < -0.39 is 0 Å². The Morgan fingerprint density at radius 3 is 2.64 bits per heavy atom. The number of hydrogen-bond donors (Lipinski definition) is 2. The molecule has 2 aromatic heterocycles. The van der Waals surface area contributed by atoms with Crippen molar-refractivity contribution >= 4 is 33.2 Å². The van der Waals surface area contributed by atoms with Gasteiger partial charge in [-0.05, 0) is 54.4 Å². The molecule has 5 nitrogen and oxygen atoms in total. The van der Waals surface area contributed by atoms with E-state index in [4.69, 9.17) is 0 Å². The third-order valence-electron chi connectivity index (χ3n) is 3.68. The van der Waals surface area contributed by atoms with E-state index in [-0.39, 0.29) is 5.91 Å². The molecule has 1 aromatic carbocycles. The van der Waals surface area contributed by atoms with Gasteiger partial charge in [-0.25, -0.2) is 0 Å². The van der Waals surface area contributed by atoms with Crippen LogP contribution in [0.5, 0.6) is 0 Å². The maximum atomic E-state index is 12.5. The second kappa shape index (κ2) is 7.90. The van der Waals surface area contributed by atoms with Gasteiger partial charge in [0, 0.05) is 41.5 Å². The van der Waals surface area contributed by atoms with Gasteiger partial charge in [0.05, 0.1) is 11.3 Å². The standard InChI is InChI=1S/C19H17BrN4O/c1-13-8-16(20)2-3-18(13)24-19(25)15-9-17(12-22-11-15)23-10-14-4-6-21-7-5-14/h2-9,11-12,23H,10H2,1H3,(H,24,25). The van der Waals surface area contributed by atoms with E-state index in [0.717, 1.165) is 27.0 Å². The molecule has 0 aliphatic rings. The minimum atomic E-state index is -0.189. The van der Waals surface area contributed by atoms with Crippen molar-refractivity contribution in [1.29, 1.82) is 0 Å². The Morgan fingerprint density at radius 1 is 1.08 bits per heavy atom. The molecule has 1 amide bonds. The number of aryl methyl sites for hydroxylation is 1. The van der Waals surface area contributed by atoms with Gasteiger partial charge in [-0.3, -0.25) is 14.8 Å². The summed E-state index contributed by atoms with van der Waals surface area (Å²) in [5.74, 6) is -0.189. The third-order valence-corrected chi connectivity index (χ3v) is 4.18. The SMILES string of the molecule is Cc1cc(Br)ccc1NC(=O)c1cncc(NCc2ccncc2)c1. The lowest BCUT2D eigenvalue weighted by atomic mass is 10.2. The van der Waals surface area contributed by atoms with E-state index in [1.165, 1.54) is 0 Å². The zero-order valence-corrected chi connectivity index (χ0v) is 15.2. The monoisotopic (exact) mass is 396 g/mol. The van der Waals surface area contributed by atoms with Crippen molar-refractivity contribution in [2.24, 2.45) is 0 Å². The Labute approximate surface area is 154 Å². The fourth-order valence-electron chi connectivity index (χ4n) is 2.33. The summed E-state index contributed by atoms with van der Waals surface area (Å²) < 4.78 is 0.979. The molecule has 2 N–H and O–H groups in total. The van der Waals surface area contributed by atoms with Crippen LogP contribution in [0.4, 0.5) is 11.4 Å². The van der Waals surface area contributed by atoms with Crippen LogP contribution in [0.25, 0.3) is 0 Å². The van der Waals surface area contributed by atoms with Gasteiger partial charge >= 0.3 is 0 Å². The van der Waals surface area contributed by atoms with Gasteiger partial charge in [0.15, 0.2) is 0 Å². The molecule has 3 aromatic rings. The molecule has 0 aliphatic carbocycles. The molecule has 0 bridgehead atoms. The van der Waals surface area contributed by atoms with Crippen LogP contribution in [0.3, 0.4) is 0 Å². The Kier molecular flexibility index (Phi) is 5.40. The van der Waals surface area contributed by atoms with Crippen molar-refractivity contribution in [1.82, 2.24) is 9.97 Å². The fraction of sp³-hybridized carbons (Fsp3) is 0.105. The smallest absolute Gasteiger partial charge is 0.257 e. The number of nitrogens with one attached hydrogen (secondary N) is 2. The van der Waals surface area contributed by atoms with Crippen LogP contribution in [0.2, 0.25) is 0 Å². The highest BCUT2D eigenvalue weighted by atomic mass is 79.9. The van der Waals surface area contributed by atoms with Crippen LogP contribution in [0.15, 0.2) is 65.7 Å². The molecule has 0 spiro atoms. The molecule has 3 rings (SSSR count). The zero-order chi connectivity index (χ0) is 17.6. The maximum absolute atomic E-state index is 12.5. The topological polar surface area (TPSA) is 66.9 Å². The summed E-state index contributed by atoms with van der Waals surface area (Å²) >= 11 is 3.42. The molecule has 0 saturated carbocycles. The Morgan fingerprint density at radius 2 is 1.88 bits per heavy atom. The summed E-state index contributed by atoms with van der Waals surface area (Å²) in [6, 6.07) is 11.4. The lowest BCUT2D eigenvalue weighted by Gasteiger charge is -2.10. The summed E-state index contributed by atoms with van der Waals surface area (Å²) in [5, 5.41) is 6.18. The fourth-order valence-corrected chi connectivity index (χ4v) is 2.80. The van der Waals surface area contributed by atoms with E-state index in [1.54, 1.807) is 30.9 Å². The Hall–Kier alpha value is -2.73. The highest BCUT2D eigenvalue weighted by Crippen LogP contribution is 2.21. The first-order chi connectivity index (χ1) is 12.1. The number of nitrogens with zero attached hydrogens (tertiary/aromatic N) is 2. The average Bonchev–Trinajstić information content (AvgIpc) is 2.63. The van der Waals surface area contributed by atoms with Crippen LogP contribution in [-0.2, 0) is 6.54 Å². The molecule has 25 heavy (non-hydrogen) atoms. The number of carbonyl (C=O) groups excluding carboxylic acids is 1. The lowest BCUT2D eigenvalue weighted by Crippen LogP contribution is -2.13. The molecule has 0 atom stereocenters. The molecule has 6 heteroatoms. The van der Waals surface area contributed by atoms with Crippen molar-refractivity contribution in [2.45, 2.75) is 13.5 Å². The summed E-state index contributed by atoms with van der Waals surface area (Å²) in [5.41, 5.74) is 4.17. The van der Waals surface area contributed by atoms with Crippen molar-refractivity contribution in [3.05, 3.63) is 82.3 Å². The Balaban J connectivity index is 1.69. The van der Waals surface area contributed by atoms with Crippen LogP contribution < -0.4 is 10.6 Å². The quantitative estimate of drug-likeness (QED) is 0.669. The first kappa shape index (κ1) is 17.1. The molecule has 126 valence electrons. The van der Waals surface area contributed by atoms with E-state index in [9.17, 15) is 4.79 Å². The second-order valence-electron chi connectivity index (χ2n) is 5.58. The first-order valence-electron chi connectivity index (χ1n) is 7.77. The Bertz CT molecular complexity index is 884. The van der Waals surface area contributed by atoms with Gasteiger partial charge in [-0.15, -0.1) is 0 Å². The first-order valence-corrected chi connectivity index (χ1v) is 8.56. The second-order valence-corrected chi connectivity index (χ2v) is 6.50. The molecule has 0 radical (unpaired) electrons. The number of carbonyl (C=O) groups is 1. The molecule has 0 aliphatic heterocycles. The zero-order valence-electron chi connectivity index (χ0n) is 13.7. The van der Waals surface area contributed by atoms with Crippen LogP contribution in [-0.4, -0.2) is 15.9 Å². The summed E-state index contributed by atoms with van der Waals surface area (Å²) in [4.78, 5) is 20.6. The number of benzene rings is 1. The van der Waals surface area contributed by atoms with Crippen molar-refractivity contribution in [3.8, 4) is 0 Å². The average molecular weight is 397 g/mol. The number of aromatic nitrogens is 2. The number of pyridine rings is 2. The number of amides is 1. The van der Waals surface area contributed by atoms with Crippen LogP contribution >= 0.6 is 15.9 Å². The summed E-state index contributed by atoms with van der Waals surface area (Å²) in [7, 11) is 0. The normalized spacial score (nSPS) is 10.3. The summed E-state index contributed by atoms with van der Waals surface area (Å²) in [6.45, 7) is 2.59.